The molecular weight excluding hydrogens is 369 g/mol. The van der Waals surface area contributed by atoms with Crippen LogP contribution in [0.5, 0.6) is 0 Å². The van der Waals surface area contributed by atoms with Gasteiger partial charge in [-0.15, -0.1) is 0 Å². The summed E-state index contributed by atoms with van der Waals surface area (Å²) < 4.78 is 13.9. The molecule has 2 aliphatic heterocycles. The second kappa shape index (κ2) is 8.74. The van der Waals surface area contributed by atoms with Gasteiger partial charge in [0, 0.05) is 57.8 Å². The predicted molar refractivity (Wildman–Crippen MR) is 108 cm³/mol. The molecule has 2 saturated heterocycles. The summed E-state index contributed by atoms with van der Waals surface area (Å²) in [7, 11) is 0. The Morgan fingerprint density at radius 3 is 2.34 bits per heavy atom. The summed E-state index contributed by atoms with van der Waals surface area (Å²) >= 11 is 0. The number of rotatable bonds is 5. The van der Waals surface area contributed by atoms with E-state index in [1.807, 2.05) is 23.1 Å². The third-order valence-corrected chi connectivity index (χ3v) is 5.82. The van der Waals surface area contributed by atoms with Crippen molar-refractivity contribution in [2.24, 2.45) is 5.92 Å². The van der Waals surface area contributed by atoms with E-state index < -0.39 is 0 Å². The van der Waals surface area contributed by atoms with E-state index in [1.54, 1.807) is 23.1 Å². The van der Waals surface area contributed by atoms with Gasteiger partial charge in [0.05, 0.1) is 5.92 Å². The molecule has 0 saturated carbocycles. The van der Waals surface area contributed by atoms with Crippen LogP contribution in [0.2, 0.25) is 0 Å². The lowest BCUT2D eigenvalue weighted by molar-refractivity contribution is -0.137. The van der Waals surface area contributed by atoms with Gasteiger partial charge in [-0.2, -0.15) is 0 Å². The number of halogens is 1. The summed E-state index contributed by atoms with van der Waals surface area (Å²) in [5.41, 5.74) is 1.76. The molecule has 2 aromatic rings. The van der Waals surface area contributed by atoms with Gasteiger partial charge in [0.1, 0.15) is 5.82 Å². The van der Waals surface area contributed by atoms with Crippen molar-refractivity contribution in [1.82, 2.24) is 14.7 Å². The number of hydrogen-bond donors (Lipinski definition) is 0. The second-order valence-electron chi connectivity index (χ2n) is 7.85. The maximum atomic E-state index is 13.9. The average Bonchev–Trinajstić information content (AvgIpc) is 3.11. The topological polar surface area (TPSA) is 43.9 Å². The molecule has 0 bridgehead atoms. The Morgan fingerprint density at radius 1 is 0.931 bits per heavy atom. The van der Waals surface area contributed by atoms with Gasteiger partial charge in [-0.25, -0.2) is 4.39 Å². The minimum Gasteiger partial charge on any atom is -0.340 e. The highest BCUT2D eigenvalue weighted by atomic mass is 19.1. The Kier molecular flexibility index (Phi) is 5.90. The molecule has 0 aromatic heterocycles. The van der Waals surface area contributed by atoms with E-state index in [0.29, 0.717) is 25.2 Å². The number of carbonyl (C=O) groups excluding carboxylic acids is 2. The SMILES string of the molecule is O=C1CC(C(=O)N2CCN(Cc3ccccc3)CC2)CN1Cc1ccccc1F. The maximum absolute atomic E-state index is 13.9. The summed E-state index contributed by atoms with van der Waals surface area (Å²) in [6, 6.07) is 16.8. The third-order valence-electron chi connectivity index (χ3n) is 5.82. The lowest BCUT2D eigenvalue weighted by Gasteiger charge is -2.36. The summed E-state index contributed by atoms with van der Waals surface area (Å²) in [5, 5.41) is 0. The van der Waals surface area contributed by atoms with Crippen molar-refractivity contribution in [3.63, 3.8) is 0 Å². The highest BCUT2D eigenvalue weighted by molar-refractivity contribution is 5.89. The Labute approximate surface area is 170 Å². The van der Waals surface area contributed by atoms with Crippen molar-refractivity contribution in [1.29, 1.82) is 0 Å². The fourth-order valence-electron chi connectivity index (χ4n) is 4.15. The predicted octanol–water partition coefficient (Wildman–Crippen LogP) is 2.52. The van der Waals surface area contributed by atoms with Gasteiger partial charge in [-0.1, -0.05) is 48.5 Å². The molecule has 2 aliphatic rings. The molecule has 1 unspecified atom stereocenters. The van der Waals surface area contributed by atoms with E-state index in [-0.39, 0.29) is 36.5 Å². The summed E-state index contributed by atoms with van der Waals surface area (Å²) in [6.07, 6.45) is 0.220. The molecule has 4 rings (SSSR count). The highest BCUT2D eigenvalue weighted by Gasteiger charge is 2.37. The first kappa shape index (κ1) is 19.6. The maximum Gasteiger partial charge on any atom is 0.228 e. The van der Waals surface area contributed by atoms with E-state index in [1.165, 1.54) is 11.6 Å². The first-order chi connectivity index (χ1) is 14.1. The first-order valence-corrected chi connectivity index (χ1v) is 10.2. The molecule has 2 fully saturated rings. The Bertz CT molecular complexity index is 865. The van der Waals surface area contributed by atoms with Crippen LogP contribution in [-0.2, 0) is 22.7 Å². The van der Waals surface area contributed by atoms with Crippen molar-refractivity contribution in [2.45, 2.75) is 19.5 Å². The van der Waals surface area contributed by atoms with Crippen LogP contribution in [0.15, 0.2) is 54.6 Å². The van der Waals surface area contributed by atoms with Crippen molar-refractivity contribution < 1.29 is 14.0 Å². The fraction of sp³-hybridized carbons (Fsp3) is 0.391. The van der Waals surface area contributed by atoms with Crippen LogP contribution < -0.4 is 0 Å². The summed E-state index contributed by atoms with van der Waals surface area (Å²) in [6.45, 7) is 4.52. The molecule has 2 heterocycles. The Hall–Kier alpha value is -2.73. The minimum absolute atomic E-state index is 0.0498. The molecule has 152 valence electrons. The molecular formula is C23H26FN3O2. The van der Waals surface area contributed by atoms with Gasteiger partial charge >= 0.3 is 0 Å². The molecule has 0 radical (unpaired) electrons. The molecule has 0 aliphatic carbocycles. The summed E-state index contributed by atoms with van der Waals surface area (Å²) in [5.74, 6) is -0.664. The van der Waals surface area contributed by atoms with Crippen molar-refractivity contribution in [2.75, 3.05) is 32.7 Å². The van der Waals surface area contributed by atoms with Gasteiger partial charge in [0.15, 0.2) is 0 Å². The zero-order valence-corrected chi connectivity index (χ0v) is 16.5. The number of carbonyl (C=O) groups is 2. The largest absolute Gasteiger partial charge is 0.340 e. The third kappa shape index (κ3) is 4.65. The van der Waals surface area contributed by atoms with E-state index in [0.717, 1.165) is 19.6 Å². The molecule has 2 aromatic carbocycles. The van der Waals surface area contributed by atoms with Crippen LogP contribution in [0, 0.1) is 11.7 Å². The van der Waals surface area contributed by atoms with Crippen LogP contribution in [0.25, 0.3) is 0 Å². The number of piperazine rings is 1. The Morgan fingerprint density at radius 2 is 1.62 bits per heavy atom. The fourth-order valence-corrected chi connectivity index (χ4v) is 4.15. The highest BCUT2D eigenvalue weighted by Crippen LogP contribution is 2.23. The van der Waals surface area contributed by atoms with Gasteiger partial charge in [-0.3, -0.25) is 14.5 Å². The standard InChI is InChI=1S/C23H26FN3O2/c24-21-9-5-4-8-19(21)16-27-17-20(14-22(27)28)23(29)26-12-10-25(11-13-26)15-18-6-2-1-3-7-18/h1-9,20H,10-17H2. The quantitative estimate of drug-likeness (QED) is 0.782. The van der Waals surface area contributed by atoms with Gasteiger partial charge in [-0.05, 0) is 11.6 Å². The van der Waals surface area contributed by atoms with Crippen molar-refractivity contribution in [3.05, 3.63) is 71.5 Å². The minimum atomic E-state index is -0.324. The van der Waals surface area contributed by atoms with E-state index in [9.17, 15) is 14.0 Å². The number of benzene rings is 2. The average molecular weight is 395 g/mol. The number of likely N-dealkylation sites (tertiary alicyclic amines) is 1. The first-order valence-electron chi connectivity index (χ1n) is 10.2. The van der Waals surface area contributed by atoms with Crippen LogP contribution in [0.1, 0.15) is 17.5 Å². The zero-order chi connectivity index (χ0) is 20.2. The molecule has 5 nitrogen and oxygen atoms in total. The van der Waals surface area contributed by atoms with Gasteiger partial charge < -0.3 is 9.80 Å². The Balaban J connectivity index is 1.29. The van der Waals surface area contributed by atoms with Crippen LogP contribution in [0.4, 0.5) is 4.39 Å². The lowest BCUT2D eigenvalue weighted by Crippen LogP contribution is -2.50. The molecule has 0 spiro atoms. The van der Waals surface area contributed by atoms with E-state index in [4.69, 9.17) is 0 Å². The van der Waals surface area contributed by atoms with Crippen LogP contribution >= 0.6 is 0 Å². The number of nitrogens with zero attached hydrogens (tertiary/aromatic N) is 3. The molecule has 0 N–H and O–H groups in total. The van der Waals surface area contributed by atoms with Gasteiger partial charge in [0.2, 0.25) is 11.8 Å². The molecule has 2 amide bonds. The van der Waals surface area contributed by atoms with Crippen LogP contribution in [0.3, 0.4) is 0 Å². The molecule has 6 heteroatoms. The number of hydrogen-bond acceptors (Lipinski definition) is 3. The second-order valence-corrected chi connectivity index (χ2v) is 7.85. The van der Waals surface area contributed by atoms with Crippen LogP contribution in [-0.4, -0.2) is 59.2 Å². The lowest BCUT2D eigenvalue weighted by atomic mass is 10.1. The monoisotopic (exact) mass is 395 g/mol. The van der Waals surface area contributed by atoms with Crippen molar-refractivity contribution in [3.8, 4) is 0 Å². The summed E-state index contributed by atoms with van der Waals surface area (Å²) in [4.78, 5) is 31.1. The normalized spacial score (nSPS) is 20.3. The van der Waals surface area contributed by atoms with Gasteiger partial charge in [0.25, 0.3) is 0 Å². The number of amides is 2. The smallest absolute Gasteiger partial charge is 0.228 e. The molecule has 1 atom stereocenters. The van der Waals surface area contributed by atoms with Crippen molar-refractivity contribution >= 4 is 11.8 Å². The zero-order valence-electron chi connectivity index (χ0n) is 16.5. The molecule has 29 heavy (non-hydrogen) atoms. The van der Waals surface area contributed by atoms with E-state index >= 15 is 0 Å². The van der Waals surface area contributed by atoms with E-state index in [2.05, 4.69) is 17.0 Å².